The predicted molar refractivity (Wildman–Crippen MR) is 72.1 cm³/mol. The van der Waals surface area contributed by atoms with Gasteiger partial charge in [-0.3, -0.25) is 4.79 Å². The second kappa shape index (κ2) is 9.24. The number of amides is 1. The van der Waals surface area contributed by atoms with Crippen molar-refractivity contribution < 1.29 is 9.53 Å². The van der Waals surface area contributed by atoms with Crippen molar-refractivity contribution in [1.82, 2.24) is 5.32 Å². The molecular formula is C11H16Cl2N2O2. The van der Waals surface area contributed by atoms with Gasteiger partial charge in [-0.1, -0.05) is 17.7 Å². The molecule has 96 valence electrons. The largest absolute Gasteiger partial charge is 0.383 e. The van der Waals surface area contributed by atoms with Gasteiger partial charge in [0, 0.05) is 24.4 Å². The number of methoxy groups -OCH3 is 1. The molecule has 1 aromatic rings. The Kier molecular flexibility index (Phi) is 8.80. The highest BCUT2D eigenvalue weighted by molar-refractivity contribution is 6.30. The van der Waals surface area contributed by atoms with E-state index in [1.807, 2.05) is 0 Å². The van der Waals surface area contributed by atoms with Gasteiger partial charge in [-0.2, -0.15) is 0 Å². The summed E-state index contributed by atoms with van der Waals surface area (Å²) in [6.45, 7) is 1.50. The second-order valence-electron chi connectivity index (χ2n) is 3.23. The first-order chi connectivity index (χ1) is 7.72. The maximum Gasteiger partial charge on any atom is 0.238 e. The molecule has 0 aliphatic heterocycles. The number of ether oxygens (including phenoxy) is 1. The van der Waals surface area contributed by atoms with Crippen molar-refractivity contribution in [1.29, 1.82) is 0 Å². The molecule has 0 aromatic heterocycles. The van der Waals surface area contributed by atoms with Crippen LogP contribution < -0.4 is 10.6 Å². The fourth-order valence-corrected chi connectivity index (χ4v) is 1.34. The molecule has 6 heteroatoms. The predicted octanol–water partition coefficient (Wildman–Crippen LogP) is 1.94. The third-order valence-electron chi connectivity index (χ3n) is 1.88. The highest BCUT2D eigenvalue weighted by Gasteiger charge is 2.01. The zero-order valence-corrected chi connectivity index (χ0v) is 11.1. The fourth-order valence-electron chi connectivity index (χ4n) is 1.15. The van der Waals surface area contributed by atoms with E-state index in [0.29, 0.717) is 23.9 Å². The van der Waals surface area contributed by atoms with Crippen LogP contribution in [0.3, 0.4) is 0 Å². The van der Waals surface area contributed by atoms with Crippen molar-refractivity contribution in [2.75, 3.05) is 32.1 Å². The Hall–Kier alpha value is -0.810. The van der Waals surface area contributed by atoms with Crippen molar-refractivity contribution in [2.45, 2.75) is 0 Å². The Labute approximate surface area is 112 Å². The summed E-state index contributed by atoms with van der Waals surface area (Å²) in [4.78, 5) is 11.4. The summed E-state index contributed by atoms with van der Waals surface area (Å²) in [5, 5.41) is 6.29. The molecule has 17 heavy (non-hydrogen) atoms. The summed E-state index contributed by atoms with van der Waals surface area (Å²) < 4.78 is 4.85. The van der Waals surface area contributed by atoms with Crippen molar-refractivity contribution in [3.8, 4) is 0 Å². The van der Waals surface area contributed by atoms with Crippen LogP contribution in [0, 0.1) is 0 Å². The van der Waals surface area contributed by atoms with Crippen LogP contribution >= 0.6 is 24.0 Å². The van der Waals surface area contributed by atoms with Crippen LogP contribution in [0.25, 0.3) is 0 Å². The highest BCUT2D eigenvalue weighted by Crippen LogP contribution is 2.14. The monoisotopic (exact) mass is 278 g/mol. The fraction of sp³-hybridized carbons (Fsp3) is 0.364. The Balaban J connectivity index is 0.00000256. The average Bonchev–Trinajstić information content (AvgIpc) is 2.24. The van der Waals surface area contributed by atoms with Crippen LogP contribution in [-0.2, 0) is 9.53 Å². The molecule has 0 aliphatic rings. The number of nitrogens with one attached hydrogen (secondary N) is 2. The first kappa shape index (κ1) is 16.2. The zero-order valence-electron chi connectivity index (χ0n) is 9.53. The molecule has 0 unspecified atom stereocenters. The molecule has 0 saturated heterocycles. The lowest BCUT2D eigenvalue weighted by Gasteiger charge is -2.06. The van der Waals surface area contributed by atoms with Gasteiger partial charge in [0.15, 0.2) is 0 Å². The summed E-state index contributed by atoms with van der Waals surface area (Å²) >= 11 is 5.79. The second-order valence-corrected chi connectivity index (χ2v) is 3.66. The summed E-state index contributed by atoms with van der Waals surface area (Å²) in [7, 11) is 1.62. The molecule has 0 aliphatic carbocycles. The third kappa shape index (κ3) is 7.18. The Morgan fingerprint density at radius 2 is 2.24 bits per heavy atom. The normalized spacial score (nSPS) is 9.53. The number of carbonyl (C=O) groups is 1. The van der Waals surface area contributed by atoms with E-state index in [4.69, 9.17) is 16.3 Å². The smallest absolute Gasteiger partial charge is 0.238 e. The van der Waals surface area contributed by atoms with Gasteiger partial charge in [0.1, 0.15) is 0 Å². The number of halogens is 2. The molecule has 0 fully saturated rings. The van der Waals surface area contributed by atoms with Gasteiger partial charge in [-0.15, -0.1) is 12.4 Å². The van der Waals surface area contributed by atoms with Gasteiger partial charge in [-0.25, -0.2) is 0 Å². The Bertz CT molecular complexity index is 348. The van der Waals surface area contributed by atoms with Crippen LogP contribution in [0.4, 0.5) is 5.69 Å². The molecule has 1 aromatic carbocycles. The minimum Gasteiger partial charge on any atom is -0.383 e. The minimum absolute atomic E-state index is 0. The first-order valence-electron chi connectivity index (χ1n) is 4.97. The van der Waals surface area contributed by atoms with Crippen molar-refractivity contribution >= 4 is 35.6 Å². The van der Waals surface area contributed by atoms with E-state index in [-0.39, 0.29) is 24.9 Å². The molecular weight excluding hydrogens is 263 g/mol. The third-order valence-corrected chi connectivity index (χ3v) is 2.11. The van der Waals surface area contributed by atoms with E-state index in [0.717, 1.165) is 0 Å². The first-order valence-corrected chi connectivity index (χ1v) is 5.35. The van der Waals surface area contributed by atoms with Gasteiger partial charge >= 0.3 is 0 Å². The lowest BCUT2D eigenvalue weighted by atomic mass is 10.3. The lowest BCUT2D eigenvalue weighted by Crippen LogP contribution is -2.30. The molecule has 2 N–H and O–H groups in total. The van der Waals surface area contributed by atoms with Crippen LogP contribution in [0.15, 0.2) is 24.3 Å². The van der Waals surface area contributed by atoms with Crippen molar-refractivity contribution in [3.05, 3.63) is 29.3 Å². The number of benzene rings is 1. The van der Waals surface area contributed by atoms with Crippen LogP contribution in [0.2, 0.25) is 5.02 Å². The van der Waals surface area contributed by atoms with E-state index in [1.54, 1.807) is 31.4 Å². The average molecular weight is 279 g/mol. The molecule has 1 amide bonds. The van der Waals surface area contributed by atoms with E-state index in [1.165, 1.54) is 0 Å². The molecule has 0 bridgehead atoms. The van der Waals surface area contributed by atoms with Gasteiger partial charge < -0.3 is 15.4 Å². The van der Waals surface area contributed by atoms with E-state index < -0.39 is 0 Å². The Morgan fingerprint density at radius 1 is 1.47 bits per heavy atom. The van der Waals surface area contributed by atoms with Gasteiger partial charge in [0.05, 0.1) is 13.2 Å². The molecule has 0 saturated carbocycles. The van der Waals surface area contributed by atoms with Crippen molar-refractivity contribution in [3.63, 3.8) is 0 Å². The van der Waals surface area contributed by atoms with Gasteiger partial charge in [0.25, 0.3) is 0 Å². The molecule has 0 heterocycles. The maximum absolute atomic E-state index is 11.4. The standard InChI is InChI=1S/C11H15ClN2O2.ClH/c1-16-6-5-13-8-11(15)14-10-4-2-3-9(12)7-10;/h2-4,7,13H,5-6,8H2,1H3,(H,14,15);1H. The summed E-state index contributed by atoms with van der Waals surface area (Å²) in [5.41, 5.74) is 0.700. The summed E-state index contributed by atoms with van der Waals surface area (Å²) in [6, 6.07) is 7.04. The van der Waals surface area contributed by atoms with Crippen molar-refractivity contribution in [2.24, 2.45) is 0 Å². The van der Waals surface area contributed by atoms with Gasteiger partial charge in [-0.05, 0) is 18.2 Å². The van der Waals surface area contributed by atoms with Crippen LogP contribution in [0.1, 0.15) is 0 Å². The van der Waals surface area contributed by atoms with E-state index in [9.17, 15) is 4.79 Å². The number of hydrogen-bond donors (Lipinski definition) is 2. The molecule has 0 atom stereocenters. The van der Waals surface area contributed by atoms with Crippen LogP contribution in [0.5, 0.6) is 0 Å². The van der Waals surface area contributed by atoms with Gasteiger partial charge in [0.2, 0.25) is 5.91 Å². The van der Waals surface area contributed by atoms with E-state index >= 15 is 0 Å². The maximum atomic E-state index is 11.4. The highest BCUT2D eigenvalue weighted by atomic mass is 35.5. The molecule has 4 nitrogen and oxygen atoms in total. The number of hydrogen-bond acceptors (Lipinski definition) is 3. The summed E-state index contributed by atoms with van der Waals surface area (Å²) in [6.07, 6.45) is 0. The zero-order chi connectivity index (χ0) is 11.8. The van der Waals surface area contributed by atoms with Crippen LogP contribution in [-0.4, -0.2) is 32.7 Å². The Morgan fingerprint density at radius 3 is 2.88 bits per heavy atom. The molecule has 1 rings (SSSR count). The number of carbonyl (C=O) groups excluding carboxylic acids is 1. The number of rotatable bonds is 6. The lowest BCUT2D eigenvalue weighted by molar-refractivity contribution is -0.115. The quantitative estimate of drug-likeness (QED) is 0.782. The topological polar surface area (TPSA) is 50.4 Å². The SMILES string of the molecule is COCCNCC(=O)Nc1cccc(Cl)c1.Cl. The summed E-state index contributed by atoms with van der Waals surface area (Å²) in [5.74, 6) is -0.0987. The number of anilines is 1. The minimum atomic E-state index is -0.0987. The molecule has 0 spiro atoms. The molecule has 0 radical (unpaired) electrons. The van der Waals surface area contributed by atoms with E-state index in [2.05, 4.69) is 10.6 Å².